The van der Waals surface area contributed by atoms with Crippen LogP contribution >= 0.6 is 34.8 Å². The highest BCUT2D eigenvalue weighted by Gasteiger charge is 2.25. The molecule has 0 saturated heterocycles. The number of hydrogen-bond donors (Lipinski definition) is 2. The summed E-state index contributed by atoms with van der Waals surface area (Å²) in [7, 11) is 0. The van der Waals surface area contributed by atoms with Crippen molar-refractivity contribution in [1.82, 2.24) is 10.7 Å². The fraction of sp³-hybridized carbons (Fsp3) is 0.222. The minimum atomic E-state index is -0.841. The van der Waals surface area contributed by atoms with Gasteiger partial charge >= 0.3 is 0 Å². The topological polar surface area (TPSA) is 98.2 Å². The Morgan fingerprint density at radius 2 is 1.74 bits per heavy atom. The molecular formula is C27H24Cl3N3O5. The molecule has 0 aliphatic carbocycles. The van der Waals surface area contributed by atoms with Gasteiger partial charge in [-0.05, 0) is 54.4 Å². The lowest BCUT2D eigenvalue weighted by molar-refractivity contribution is -0.123. The van der Waals surface area contributed by atoms with E-state index in [4.69, 9.17) is 49.0 Å². The van der Waals surface area contributed by atoms with E-state index in [2.05, 4.69) is 15.8 Å². The van der Waals surface area contributed by atoms with E-state index in [0.29, 0.717) is 43.4 Å². The number of hydrazone groups is 1. The van der Waals surface area contributed by atoms with E-state index in [1.54, 1.807) is 54.6 Å². The van der Waals surface area contributed by atoms with Gasteiger partial charge in [0.15, 0.2) is 11.5 Å². The first-order chi connectivity index (χ1) is 18.2. The normalized spacial score (nSPS) is 13.0. The van der Waals surface area contributed by atoms with E-state index in [-0.39, 0.29) is 19.3 Å². The van der Waals surface area contributed by atoms with Gasteiger partial charge in [-0.1, -0.05) is 54.7 Å². The number of amides is 2. The van der Waals surface area contributed by atoms with Gasteiger partial charge in [-0.15, -0.1) is 0 Å². The van der Waals surface area contributed by atoms with Crippen molar-refractivity contribution in [2.24, 2.45) is 11.0 Å². The Balaban J connectivity index is 1.41. The van der Waals surface area contributed by atoms with Crippen LogP contribution in [0.1, 0.15) is 35.3 Å². The highest BCUT2D eigenvalue weighted by molar-refractivity contribution is 6.35. The first-order valence-electron chi connectivity index (χ1n) is 11.6. The third kappa shape index (κ3) is 6.89. The summed E-state index contributed by atoms with van der Waals surface area (Å²) in [6.07, 6.45) is 1.42. The van der Waals surface area contributed by atoms with E-state index in [9.17, 15) is 9.59 Å². The molecule has 38 heavy (non-hydrogen) atoms. The Bertz CT molecular complexity index is 1380. The van der Waals surface area contributed by atoms with Crippen molar-refractivity contribution >= 4 is 52.8 Å². The van der Waals surface area contributed by atoms with Gasteiger partial charge in [0.25, 0.3) is 11.8 Å². The predicted octanol–water partition coefficient (Wildman–Crippen LogP) is 5.86. The maximum absolute atomic E-state index is 12.9. The minimum absolute atomic E-state index is 0.101. The molecule has 4 rings (SSSR count). The zero-order valence-corrected chi connectivity index (χ0v) is 22.7. The standard InChI is InChI=1S/C27H24Cl3N3O5/c1-15(2)25(32-26(34)16-4-7-23-24(10-16)38-14-37-23)27(35)33-31-12-18-9-19(28)6-8-22(18)36-13-17-3-5-20(29)11-21(17)30/h3-12,15,25H,13-14H2,1-2H3,(H,32,34)(H,33,35). The molecule has 0 bridgehead atoms. The Hall–Kier alpha value is -3.46. The highest BCUT2D eigenvalue weighted by Crippen LogP contribution is 2.32. The molecule has 2 N–H and O–H groups in total. The second-order valence-electron chi connectivity index (χ2n) is 8.70. The van der Waals surface area contributed by atoms with Crippen LogP contribution in [0.5, 0.6) is 17.2 Å². The van der Waals surface area contributed by atoms with E-state index in [1.807, 2.05) is 13.8 Å². The average Bonchev–Trinajstić information content (AvgIpc) is 3.35. The average molecular weight is 577 g/mol. The third-order valence-corrected chi connectivity index (χ3v) is 6.44. The van der Waals surface area contributed by atoms with Crippen molar-refractivity contribution in [2.75, 3.05) is 6.79 Å². The largest absolute Gasteiger partial charge is 0.488 e. The van der Waals surface area contributed by atoms with Crippen LogP contribution in [0.3, 0.4) is 0 Å². The monoisotopic (exact) mass is 575 g/mol. The van der Waals surface area contributed by atoms with Gasteiger partial charge in [-0.25, -0.2) is 5.43 Å². The van der Waals surface area contributed by atoms with Gasteiger partial charge in [0.1, 0.15) is 18.4 Å². The van der Waals surface area contributed by atoms with Gasteiger partial charge in [-0.2, -0.15) is 5.10 Å². The number of rotatable bonds is 9. The predicted molar refractivity (Wildman–Crippen MR) is 147 cm³/mol. The van der Waals surface area contributed by atoms with Gasteiger partial charge in [0.2, 0.25) is 6.79 Å². The zero-order chi connectivity index (χ0) is 27.2. The Morgan fingerprint density at radius 1 is 1.00 bits per heavy atom. The molecule has 1 atom stereocenters. The quantitative estimate of drug-likeness (QED) is 0.246. The van der Waals surface area contributed by atoms with Crippen LogP contribution in [0.2, 0.25) is 15.1 Å². The molecule has 0 spiro atoms. The number of carbonyl (C=O) groups is 2. The van der Waals surface area contributed by atoms with Crippen molar-refractivity contribution in [3.63, 3.8) is 0 Å². The molecule has 11 heteroatoms. The minimum Gasteiger partial charge on any atom is -0.488 e. The van der Waals surface area contributed by atoms with E-state index >= 15 is 0 Å². The van der Waals surface area contributed by atoms with Crippen molar-refractivity contribution in [3.8, 4) is 17.2 Å². The molecule has 2 amide bonds. The van der Waals surface area contributed by atoms with Crippen LogP contribution in [-0.4, -0.2) is 30.9 Å². The van der Waals surface area contributed by atoms with Gasteiger partial charge in [0, 0.05) is 31.8 Å². The molecule has 0 saturated carbocycles. The lowest BCUT2D eigenvalue weighted by Gasteiger charge is -2.20. The van der Waals surface area contributed by atoms with E-state index in [0.717, 1.165) is 5.56 Å². The summed E-state index contributed by atoms with van der Waals surface area (Å²) in [5.41, 5.74) is 4.11. The molecule has 3 aromatic rings. The first-order valence-corrected chi connectivity index (χ1v) is 12.7. The number of nitrogens with one attached hydrogen (secondary N) is 2. The van der Waals surface area contributed by atoms with Crippen molar-refractivity contribution < 1.29 is 23.8 Å². The molecule has 3 aromatic carbocycles. The summed E-state index contributed by atoms with van der Waals surface area (Å²) < 4.78 is 16.5. The maximum atomic E-state index is 12.9. The maximum Gasteiger partial charge on any atom is 0.262 e. The zero-order valence-electron chi connectivity index (χ0n) is 20.5. The molecule has 0 aromatic heterocycles. The van der Waals surface area contributed by atoms with Gasteiger partial charge < -0.3 is 19.5 Å². The van der Waals surface area contributed by atoms with Crippen LogP contribution < -0.4 is 25.0 Å². The molecule has 0 fully saturated rings. The molecule has 8 nitrogen and oxygen atoms in total. The summed E-state index contributed by atoms with van der Waals surface area (Å²) in [4.78, 5) is 25.7. The lowest BCUT2D eigenvalue weighted by Crippen LogP contribution is -2.48. The number of halogens is 3. The summed E-state index contributed by atoms with van der Waals surface area (Å²) in [6.45, 7) is 3.92. The van der Waals surface area contributed by atoms with Crippen molar-refractivity contribution in [3.05, 3.63) is 86.4 Å². The second-order valence-corrected chi connectivity index (χ2v) is 9.98. The number of fused-ring (bicyclic) bond motifs is 1. The number of carbonyl (C=O) groups excluding carboxylic acids is 2. The van der Waals surface area contributed by atoms with Crippen molar-refractivity contribution in [1.29, 1.82) is 0 Å². The fourth-order valence-corrected chi connectivity index (χ4v) is 4.22. The van der Waals surface area contributed by atoms with Crippen LogP contribution in [0.25, 0.3) is 0 Å². The van der Waals surface area contributed by atoms with E-state index in [1.165, 1.54) is 6.21 Å². The molecular weight excluding hydrogens is 553 g/mol. The van der Waals surface area contributed by atoms with E-state index < -0.39 is 17.9 Å². The SMILES string of the molecule is CC(C)C(NC(=O)c1ccc2c(c1)OCO2)C(=O)NN=Cc1cc(Cl)ccc1OCc1ccc(Cl)cc1Cl. The number of ether oxygens (including phenoxy) is 3. The molecule has 1 unspecified atom stereocenters. The summed E-state index contributed by atoms with van der Waals surface area (Å²) in [5, 5.41) is 8.29. The first kappa shape index (κ1) is 27.6. The number of hydrogen-bond acceptors (Lipinski definition) is 6. The Kier molecular flexibility index (Phi) is 8.99. The molecule has 0 radical (unpaired) electrons. The second kappa shape index (κ2) is 12.4. The smallest absolute Gasteiger partial charge is 0.262 e. The van der Waals surface area contributed by atoms with Crippen LogP contribution in [0.15, 0.2) is 59.7 Å². The molecule has 1 aliphatic rings. The Labute approximate surface area is 234 Å². The summed E-state index contributed by atoms with van der Waals surface area (Å²) in [5.74, 6) is 0.405. The van der Waals surface area contributed by atoms with Gasteiger partial charge in [-0.3, -0.25) is 9.59 Å². The highest BCUT2D eigenvalue weighted by atomic mass is 35.5. The van der Waals surface area contributed by atoms with Crippen LogP contribution in [0, 0.1) is 5.92 Å². The fourth-order valence-electron chi connectivity index (χ4n) is 3.58. The molecule has 198 valence electrons. The van der Waals surface area contributed by atoms with Crippen LogP contribution in [-0.2, 0) is 11.4 Å². The number of benzene rings is 3. The van der Waals surface area contributed by atoms with Crippen LogP contribution in [0.4, 0.5) is 0 Å². The summed E-state index contributed by atoms with van der Waals surface area (Å²) >= 11 is 18.3. The summed E-state index contributed by atoms with van der Waals surface area (Å²) in [6, 6.07) is 14.1. The molecule has 1 heterocycles. The van der Waals surface area contributed by atoms with Crippen molar-refractivity contribution in [2.45, 2.75) is 26.5 Å². The lowest BCUT2D eigenvalue weighted by atomic mass is 10.0. The molecule has 1 aliphatic heterocycles. The Morgan fingerprint density at radius 3 is 2.50 bits per heavy atom. The third-order valence-electron chi connectivity index (χ3n) is 5.62. The number of nitrogens with zero attached hydrogens (tertiary/aromatic N) is 1. The van der Waals surface area contributed by atoms with Gasteiger partial charge in [0.05, 0.1) is 6.21 Å².